The molecule has 0 aliphatic carbocycles. The molecule has 0 bridgehead atoms. The monoisotopic (exact) mass is 699 g/mol. The fourth-order valence-electron chi connectivity index (χ4n) is 7.24. The molecule has 0 radical (unpaired) electrons. The van der Waals surface area contributed by atoms with E-state index in [9.17, 15) is 19.2 Å². The molecular formula is C37H42FN7O6. The predicted molar refractivity (Wildman–Crippen MR) is 190 cm³/mol. The number of hydrogen-bond acceptors (Lipinski definition) is 10. The molecule has 3 aromatic rings. The van der Waals surface area contributed by atoms with E-state index in [1.54, 1.807) is 30.4 Å². The topological polar surface area (TPSA) is 138 Å². The zero-order valence-corrected chi connectivity index (χ0v) is 28.8. The highest BCUT2D eigenvalue weighted by Crippen LogP contribution is 2.34. The van der Waals surface area contributed by atoms with Crippen molar-refractivity contribution in [3.63, 3.8) is 0 Å². The number of imide groups is 1. The Hall–Kier alpha value is -5.24. The van der Waals surface area contributed by atoms with Crippen LogP contribution in [0.2, 0.25) is 0 Å². The summed E-state index contributed by atoms with van der Waals surface area (Å²) in [6.45, 7) is 4.22. The SMILES string of the molecule is COc1cc(-c2cn(C)c(=O)c3c2C=NC3)cc(F)c1CN1CCN(C(=O)OC2CCN(c3ccc(NC4CCC(=O)NC4=O)cc3)CC2)CC1. The fraction of sp³-hybridized carbons (Fsp3) is 0.432. The van der Waals surface area contributed by atoms with Crippen molar-refractivity contribution in [2.24, 2.45) is 12.0 Å². The van der Waals surface area contributed by atoms with Crippen molar-refractivity contribution in [3.05, 3.63) is 75.5 Å². The minimum atomic E-state index is -0.428. The van der Waals surface area contributed by atoms with Gasteiger partial charge in [0.05, 0.1) is 13.7 Å². The second kappa shape index (κ2) is 14.5. The van der Waals surface area contributed by atoms with E-state index in [1.807, 2.05) is 24.3 Å². The molecule has 268 valence electrons. The van der Waals surface area contributed by atoms with Gasteiger partial charge in [-0.25, -0.2) is 9.18 Å². The molecule has 3 saturated heterocycles. The Labute approximate surface area is 295 Å². The van der Waals surface area contributed by atoms with E-state index in [4.69, 9.17) is 9.47 Å². The van der Waals surface area contributed by atoms with Gasteiger partial charge in [-0.15, -0.1) is 0 Å². The largest absolute Gasteiger partial charge is 0.496 e. The molecule has 0 spiro atoms. The Kier molecular flexibility index (Phi) is 9.76. The fourth-order valence-corrected chi connectivity index (χ4v) is 7.24. The van der Waals surface area contributed by atoms with Gasteiger partial charge in [-0.1, -0.05) is 0 Å². The third kappa shape index (κ3) is 7.32. The second-order valence-electron chi connectivity index (χ2n) is 13.5. The van der Waals surface area contributed by atoms with Gasteiger partial charge in [-0.3, -0.25) is 29.6 Å². The van der Waals surface area contributed by atoms with Gasteiger partial charge in [0.1, 0.15) is 23.7 Å². The van der Waals surface area contributed by atoms with E-state index in [2.05, 4.69) is 25.4 Å². The maximum absolute atomic E-state index is 15.7. The number of aliphatic imine (C=N–C) groups is 1. The maximum Gasteiger partial charge on any atom is 0.410 e. The number of anilines is 2. The number of carbonyl (C=O) groups is 3. The van der Waals surface area contributed by atoms with Crippen molar-refractivity contribution >= 4 is 35.5 Å². The van der Waals surface area contributed by atoms with Crippen LogP contribution >= 0.6 is 0 Å². The molecule has 4 aliphatic heterocycles. The van der Waals surface area contributed by atoms with Gasteiger partial charge in [0.2, 0.25) is 11.8 Å². The smallest absolute Gasteiger partial charge is 0.410 e. The number of hydrogen-bond donors (Lipinski definition) is 2. The Balaban J connectivity index is 0.884. The summed E-state index contributed by atoms with van der Waals surface area (Å²) >= 11 is 0. The number of fused-ring (bicyclic) bond motifs is 1. The van der Waals surface area contributed by atoms with Crippen LogP contribution in [0.1, 0.15) is 42.4 Å². The number of nitrogens with one attached hydrogen (secondary N) is 2. The van der Waals surface area contributed by atoms with Crippen molar-refractivity contribution in [2.45, 2.75) is 50.9 Å². The van der Waals surface area contributed by atoms with E-state index in [0.717, 1.165) is 30.0 Å². The van der Waals surface area contributed by atoms with E-state index >= 15 is 4.39 Å². The minimum absolute atomic E-state index is 0.106. The van der Waals surface area contributed by atoms with Gasteiger partial charge in [-0.2, -0.15) is 0 Å². The summed E-state index contributed by atoms with van der Waals surface area (Å²) < 4.78 is 28.7. The van der Waals surface area contributed by atoms with Crippen molar-refractivity contribution in [3.8, 4) is 16.9 Å². The third-order valence-electron chi connectivity index (χ3n) is 10.2. The average Bonchev–Trinajstić information content (AvgIpc) is 3.63. The molecule has 3 fully saturated rings. The Morgan fingerprint density at radius 1 is 1.02 bits per heavy atom. The minimum Gasteiger partial charge on any atom is -0.496 e. The summed E-state index contributed by atoms with van der Waals surface area (Å²) in [5, 5.41) is 5.56. The van der Waals surface area contributed by atoms with Gasteiger partial charge in [0.15, 0.2) is 0 Å². The van der Waals surface area contributed by atoms with Crippen LogP contribution in [-0.2, 0) is 34.5 Å². The van der Waals surface area contributed by atoms with Gasteiger partial charge < -0.3 is 29.2 Å². The van der Waals surface area contributed by atoms with Crippen molar-refractivity contribution in [2.75, 3.05) is 56.6 Å². The van der Waals surface area contributed by atoms with E-state index in [1.165, 1.54) is 17.7 Å². The van der Waals surface area contributed by atoms with Crippen LogP contribution in [0.5, 0.6) is 5.75 Å². The van der Waals surface area contributed by atoms with Crippen molar-refractivity contribution in [1.29, 1.82) is 0 Å². The number of rotatable bonds is 8. The summed E-state index contributed by atoms with van der Waals surface area (Å²) in [4.78, 5) is 59.4. The lowest BCUT2D eigenvalue weighted by atomic mass is 9.97. The number of benzene rings is 2. The first-order chi connectivity index (χ1) is 24.7. The molecule has 2 aromatic carbocycles. The molecule has 1 aromatic heterocycles. The van der Waals surface area contributed by atoms with Crippen molar-refractivity contribution < 1.29 is 28.2 Å². The summed E-state index contributed by atoms with van der Waals surface area (Å²) in [6, 6.07) is 10.7. The molecule has 4 aliphatic rings. The summed E-state index contributed by atoms with van der Waals surface area (Å²) in [6.07, 6.45) is 5.11. The third-order valence-corrected chi connectivity index (χ3v) is 10.2. The van der Waals surface area contributed by atoms with Gasteiger partial charge in [-0.05, 0) is 48.4 Å². The quantitative estimate of drug-likeness (QED) is 0.340. The number of piperazine rings is 1. The van der Waals surface area contributed by atoms with Crippen LogP contribution in [-0.4, -0.2) is 97.0 Å². The number of aromatic nitrogens is 1. The van der Waals surface area contributed by atoms with E-state index < -0.39 is 11.9 Å². The number of pyridine rings is 1. The molecule has 3 amide bonds. The van der Waals surface area contributed by atoms with Crippen LogP contribution in [0.15, 0.2) is 52.4 Å². The Morgan fingerprint density at radius 2 is 1.76 bits per heavy atom. The van der Waals surface area contributed by atoms with Gasteiger partial charge >= 0.3 is 6.09 Å². The maximum atomic E-state index is 15.7. The lowest BCUT2D eigenvalue weighted by Gasteiger charge is -2.37. The molecule has 7 rings (SSSR count). The van der Waals surface area contributed by atoms with Crippen LogP contribution in [0.3, 0.4) is 0 Å². The Bertz CT molecular complexity index is 1910. The number of carbonyl (C=O) groups excluding carboxylic acids is 3. The zero-order valence-electron chi connectivity index (χ0n) is 28.8. The standard InChI is InChI=1S/C37H42FN7O6/c1-42-21-29(27-19-39-20-28(27)36(42)48)23-17-31(38)30(33(18-23)50-2)22-43-13-15-45(16-14-43)37(49)51-26-9-11-44(12-10-26)25-5-3-24(4-6-25)40-32-7-8-34(46)41-35(32)47/h3-6,17-19,21,26,32,40H,7-16,20,22H2,1-2H3,(H,41,46,47). The van der Waals surface area contributed by atoms with E-state index in [-0.39, 0.29) is 29.6 Å². The number of ether oxygens (including phenoxy) is 2. The zero-order chi connectivity index (χ0) is 35.6. The number of aryl methyl sites for hydroxylation is 1. The summed E-state index contributed by atoms with van der Waals surface area (Å²) in [5.41, 5.74) is 4.87. The first-order valence-corrected chi connectivity index (χ1v) is 17.4. The highest BCUT2D eigenvalue weighted by molar-refractivity contribution is 6.01. The van der Waals surface area contributed by atoms with E-state index in [0.29, 0.717) is 93.0 Å². The van der Waals surface area contributed by atoms with Crippen molar-refractivity contribution in [1.82, 2.24) is 19.7 Å². The highest BCUT2D eigenvalue weighted by Gasteiger charge is 2.29. The molecule has 2 N–H and O–H groups in total. The average molecular weight is 700 g/mol. The number of nitrogens with zero attached hydrogens (tertiary/aromatic N) is 5. The first-order valence-electron chi connectivity index (χ1n) is 17.4. The van der Waals surface area contributed by atoms with Crippen LogP contribution in [0.25, 0.3) is 11.1 Å². The highest BCUT2D eigenvalue weighted by atomic mass is 19.1. The molecule has 1 atom stereocenters. The number of halogens is 1. The number of piperidine rings is 2. The summed E-state index contributed by atoms with van der Waals surface area (Å²) in [5.74, 6) is -0.505. The number of methoxy groups -OCH3 is 1. The molecule has 51 heavy (non-hydrogen) atoms. The van der Waals surface area contributed by atoms with Crippen LogP contribution in [0, 0.1) is 5.82 Å². The molecule has 14 heteroatoms. The molecule has 5 heterocycles. The normalized spacial score (nSPS) is 19.5. The lowest BCUT2D eigenvalue weighted by Crippen LogP contribution is -2.49. The number of amides is 3. The van der Waals surface area contributed by atoms with Crippen LogP contribution < -0.4 is 25.8 Å². The molecule has 0 saturated carbocycles. The summed E-state index contributed by atoms with van der Waals surface area (Å²) in [7, 11) is 3.20. The Morgan fingerprint density at radius 3 is 2.47 bits per heavy atom. The van der Waals surface area contributed by atoms with Crippen LogP contribution in [0.4, 0.5) is 20.6 Å². The predicted octanol–water partition coefficient (Wildman–Crippen LogP) is 3.27. The molecule has 13 nitrogen and oxygen atoms in total. The molecule has 1 unspecified atom stereocenters. The van der Waals surface area contributed by atoms with Gasteiger partial charge in [0, 0.05) is 118 Å². The van der Waals surface area contributed by atoms with Gasteiger partial charge in [0.25, 0.3) is 5.56 Å². The lowest BCUT2D eigenvalue weighted by molar-refractivity contribution is -0.133. The second-order valence-corrected chi connectivity index (χ2v) is 13.5. The first kappa shape index (κ1) is 34.2. The molecular weight excluding hydrogens is 657 g/mol.